The van der Waals surface area contributed by atoms with Gasteiger partial charge in [-0.25, -0.2) is 0 Å². The van der Waals surface area contributed by atoms with Gasteiger partial charge in [-0.05, 0) is 42.7 Å². The minimum atomic E-state index is -0.0269. The van der Waals surface area contributed by atoms with Gasteiger partial charge in [0, 0.05) is 48.2 Å². The summed E-state index contributed by atoms with van der Waals surface area (Å²) in [4.78, 5) is 17.4. The summed E-state index contributed by atoms with van der Waals surface area (Å²) in [6.07, 6.45) is 3.23. The van der Waals surface area contributed by atoms with Crippen molar-refractivity contribution in [2.45, 2.75) is 24.7 Å². The molecule has 1 unspecified atom stereocenters. The second-order valence-electron chi connectivity index (χ2n) is 8.00. The third kappa shape index (κ3) is 3.15. The summed E-state index contributed by atoms with van der Waals surface area (Å²) in [5, 5.41) is 20.1. The molecule has 3 aromatic rings. The molecule has 2 aromatic heterocycles. The first-order chi connectivity index (χ1) is 14.7. The number of fused-ring (bicyclic) bond motifs is 1. The Labute approximate surface area is 174 Å². The molecular formula is C23H24N4O3. The molecule has 2 aliphatic rings. The quantitative estimate of drug-likeness (QED) is 0.651. The van der Waals surface area contributed by atoms with E-state index in [1.807, 2.05) is 23.1 Å². The maximum atomic E-state index is 12.1. The summed E-state index contributed by atoms with van der Waals surface area (Å²) < 4.78 is 5.69. The van der Waals surface area contributed by atoms with Gasteiger partial charge < -0.3 is 19.7 Å². The summed E-state index contributed by atoms with van der Waals surface area (Å²) in [5.41, 5.74) is 4.38. The lowest BCUT2D eigenvalue weighted by molar-refractivity contribution is -0.125. The zero-order valence-corrected chi connectivity index (χ0v) is 16.7. The number of carbonyl (C=O) groups excluding carboxylic acids is 1. The van der Waals surface area contributed by atoms with Gasteiger partial charge >= 0.3 is 0 Å². The number of aromatic hydroxyl groups is 1. The van der Waals surface area contributed by atoms with Crippen molar-refractivity contribution < 1.29 is 14.6 Å². The van der Waals surface area contributed by atoms with Crippen LogP contribution in [0.1, 0.15) is 35.9 Å². The van der Waals surface area contributed by atoms with E-state index in [2.05, 4.69) is 21.8 Å². The molecule has 2 N–H and O–H groups in total. The first kappa shape index (κ1) is 18.8. The molecule has 2 aliphatic heterocycles. The molecule has 2 saturated heterocycles. The van der Waals surface area contributed by atoms with Crippen LogP contribution in [0.4, 0.5) is 0 Å². The van der Waals surface area contributed by atoms with Crippen LogP contribution in [0.3, 0.4) is 0 Å². The van der Waals surface area contributed by atoms with E-state index in [0.29, 0.717) is 24.4 Å². The van der Waals surface area contributed by atoms with E-state index in [4.69, 9.17) is 4.74 Å². The number of aromatic nitrogens is 3. The number of benzene rings is 1. The second kappa shape index (κ2) is 7.57. The van der Waals surface area contributed by atoms with Gasteiger partial charge in [-0.15, -0.1) is 10.2 Å². The Hall–Kier alpha value is -3.19. The highest BCUT2D eigenvalue weighted by molar-refractivity contribution is 5.88. The lowest BCUT2D eigenvalue weighted by Crippen LogP contribution is -2.26. The van der Waals surface area contributed by atoms with E-state index < -0.39 is 0 Å². The van der Waals surface area contributed by atoms with E-state index in [0.717, 1.165) is 42.7 Å². The van der Waals surface area contributed by atoms with Gasteiger partial charge in [0.15, 0.2) is 5.65 Å². The number of phenolic OH excluding ortho intramolecular Hbond substituents is 1. The maximum absolute atomic E-state index is 12.1. The number of nitrogens with one attached hydrogen (secondary N) is 1. The average Bonchev–Trinajstić information content (AvgIpc) is 3.51. The highest BCUT2D eigenvalue weighted by Crippen LogP contribution is 2.40. The van der Waals surface area contributed by atoms with E-state index in [-0.39, 0.29) is 23.5 Å². The normalized spacial score (nSPS) is 21.4. The minimum absolute atomic E-state index is 0.0269. The number of ether oxygens (including phenoxy) is 1. The topological polar surface area (TPSA) is 91.3 Å². The third-order valence-corrected chi connectivity index (χ3v) is 6.23. The number of hydrogen-bond donors (Lipinski definition) is 2. The van der Waals surface area contributed by atoms with Gasteiger partial charge in [0.05, 0.1) is 12.3 Å². The van der Waals surface area contributed by atoms with Crippen molar-refractivity contribution in [3.63, 3.8) is 0 Å². The Bertz CT molecular complexity index is 1120. The molecule has 2 fully saturated rings. The van der Waals surface area contributed by atoms with Crippen LogP contribution >= 0.6 is 0 Å². The van der Waals surface area contributed by atoms with Crippen molar-refractivity contribution >= 4 is 16.9 Å². The van der Waals surface area contributed by atoms with E-state index in [9.17, 15) is 9.90 Å². The Kier molecular flexibility index (Phi) is 4.75. The van der Waals surface area contributed by atoms with E-state index in [1.54, 1.807) is 12.1 Å². The molecule has 4 heterocycles. The Morgan fingerprint density at radius 3 is 2.90 bits per heavy atom. The van der Waals surface area contributed by atoms with E-state index in [1.165, 1.54) is 11.6 Å². The lowest BCUT2D eigenvalue weighted by Gasteiger charge is -2.17. The summed E-state index contributed by atoms with van der Waals surface area (Å²) >= 11 is 0. The smallest absolute Gasteiger partial charge is 0.245 e. The molecule has 7 heteroatoms. The van der Waals surface area contributed by atoms with Gasteiger partial charge in [0.1, 0.15) is 5.75 Å². The third-order valence-electron chi connectivity index (χ3n) is 6.23. The molecule has 0 radical (unpaired) electrons. The van der Waals surface area contributed by atoms with Crippen LogP contribution in [0, 0.1) is 0 Å². The largest absolute Gasteiger partial charge is 0.507 e. The van der Waals surface area contributed by atoms with Gasteiger partial charge in [-0.2, -0.15) is 0 Å². The Morgan fingerprint density at radius 1 is 1.27 bits per heavy atom. The van der Waals surface area contributed by atoms with Crippen LogP contribution in [0.25, 0.3) is 22.3 Å². The van der Waals surface area contributed by atoms with Gasteiger partial charge in [0.25, 0.3) is 0 Å². The molecule has 0 saturated carbocycles. The van der Waals surface area contributed by atoms with Crippen LogP contribution in [-0.2, 0) is 9.53 Å². The second-order valence-corrected chi connectivity index (χ2v) is 8.00. The number of para-hydroxylation sites is 1. The Balaban J connectivity index is 1.61. The molecule has 1 amide bonds. The molecule has 7 nitrogen and oxygen atoms in total. The van der Waals surface area contributed by atoms with Gasteiger partial charge in [-0.3, -0.25) is 4.79 Å². The zero-order valence-electron chi connectivity index (χ0n) is 16.7. The first-order valence-electron chi connectivity index (χ1n) is 10.3. The highest BCUT2D eigenvalue weighted by atomic mass is 16.5. The molecule has 2 atom stereocenters. The highest BCUT2D eigenvalue weighted by Gasteiger charge is 2.33. The molecule has 0 spiro atoms. The fraction of sp³-hybridized carbons (Fsp3) is 0.348. The number of phenols is 1. The fourth-order valence-electron chi connectivity index (χ4n) is 4.70. The fourth-order valence-corrected chi connectivity index (χ4v) is 4.70. The predicted molar refractivity (Wildman–Crippen MR) is 113 cm³/mol. The van der Waals surface area contributed by atoms with Crippen LogP contribution in [0.2, 0.25) is 0 Å². The predicted octanol–water partition coefficient (Wildman–Crippen LogP) is 3.34. The standard InChI is InChI=1S/C23H24N4O3/c1-2-20(29)27-9-7-14(12-27)22-21(15-8-10-30-13-15)17-11-18(25-26-23(17)24-22)16-5-3-4-6-19(16)28/h2-6,11,14-15,28H,1,7-10,12-13H2,(H,24,26)/t14?,15-/m0/s1. The lowest BCUT2D eigenvalue weighted by atomic mass is 9.90. The maximum Gasteiger partial charge on any atom is 0.245 e. The number of carbonyl (C=O) groups is 1. The molecule has 1 aromatic carbocycles. The Morgan fingerprint density at radius 2 is 2.13 bits per heavy atom. The molecule has 0 bridgehead atoms. The van der Waals surface area contributed by atoms with Crippen LogP contribution in [0.5, 0.6) is 5.75 Å². The number of nitrogens with zero attached hydrogens (tertiary/aromatic N) is 3. The van der Waals surface area contributed by atoms with Crippen molar-refractivity contribution in [1.82, 2.24) is 20.1 Å². The van der Waals surface area contributed by atoms with Crippen molar-refractivity contribution in [1.29, 1.82) is 0 Å². The summed E-state index contributed by atoms with van der Waals surface area (Å²) in [5.74, 6) is 0.648. The summed E-state index contributed by atoms with van der Waals surface area (Å²) in [6.45, 7) is 6.42. The average molecular weight is 404 g/mol. The van der Waals surface area contributed by atoms with Crippen molar-refractivity contribution in [2.24, 2.45) is 0 Å². The molecular weight excluding hydrogens is 380 g/mol. The molecule has 30 heavy (non-hydrogen) atoms. The van der Waals surface area contributed by atoms with Crippen molar-refractivity contribution in [2.75, 3.05) is 26.3 Å². The number of aromatic amines is 1. The van der Waals surface area contributed by atoms with Gasteiger partial charge in [-0.1, -0.05) is 18.7 Å². The SMILES string of the molecule is C=CC(=O)N1CCC(c2[nH]c3nnc(-c4ccccc4O)cc3c2[C@H]2CCOC2)C1. The molecule has 5 rings (SSSR count). The van der Waals surface area contributed by atoms with E-state index >= 15 is 0 Å². The summed E-state index contributed by atoms with van der Waals surface area (Å²) in [6, 6.07) is 9.16. The minimum Gasteiger partial charge on any atom is -0.507 e. The number of hydrogen-bond acceptors (Lipinski definition) is 5. The summed E-state index contributed by atoms with van der Waals surface area (Å²) in [7, 11) is 0. The van der Waals surface area contributed by atoms with Crippen molar-refractivity contribution in [3.8, 4) is 17.0 Å². The number of amides is 1. The molecule has 0 aliphatic carbocycles. The number of H-pyrrole nitrogens is 1. The monoisotopic (exact) mass is 404 g/mol. The van der Waals surface area contributed by atoms with Gasteiger partial charge in [0.2, 0.25) is 5.91 Å². The van der Waals surface area contributed by atoms with Crippen LogP contribution in [0.15, 0.2) is 43.0 Å². The first-order valence-corrected chi connectivity index (χ1v) is 10.3. The van der Waals surface area contributed by atoms with Crippen LogP contribution < -0.4 is 0 Å². The van der Waals surface area contributed by atoms with Crippen LogP contribution in [-0.4, -0.2) is 57.4 Å². The number of rotatable bonds is 4. The van der Waals surface area contributed by atoms with Crippen molar-refractivity contribution in [3.05, 3.63) is 54.2 Å². The molecule has 154 valence electrons. The zero-order chi connectivity index (χ0) is 20.7. The number of likely N-dealkylation sites (tertiary alicyclic amines) is 1.